The van der Waals surface area contributed by atoms with E-state index in [0.717, 1.165) is 36.2 Å². The number of anilines is 1. The molecule has 0 spiro atoms. The number of hydrogen-bond donors (Lipinski definition) is 1. The van der Waals surface area contributed by atoms with Crippen LogP contribution in [0.15, 0.2) is 47.4 Å². The van der Waals surface area contributed by atoms with Crippen molar-refractivity contribution < 1.29 is 22.7 Å². The van der Waals surface area contributed by atoms with Gasteiger partial charge in [0.05, 0.1) is 25.7 Å². The standard InChI is InChI=1S/C21H26N2O5S/c1-27-18-8-11-20(28-2)15(12-18)13-23(17-6-7-17)14-21(24)22-16-4-9-19(10-5-16)29(3,25)26/h4-5,8-12,17H,6-7,13-14H2,1-3H3,(H,22,24). The molecule has 1 amide bonds. The molecule has 8 heteroatoms. The molecule has 0 bridgehead atoms. The first-order chi connectivity index (χ1) is 13.8. The summed E-state index contributed by atoms with van der Waals surface area (Å²) in [4.78, 5) is 14.9. The first-order valence-electron chi connectivity index (χ1n) is 9.35. The van der Waals surface area contributed by atoms with Crippen molar-refractivity contribution >= 4 is 21.4 Å². The predicted octanol–water partition coefficient (Wildman–Crippen LogP) is 2.71. The van der Waals surface area contributed by atoms with Crippen LogP contribution in [0.1, 0.15) is 18.4 Å². The van der Waals surface area contributed by atoms with E-state index in [0.29, 0.717) is 18.3 Å². The molecule has 0 radical (unpaired) electrons. The Labute approximate surface area is 171 Å². The summed E-state index contributed by atoms with van der Waals surface area (Å²) >= 11 is 0. The molecule has 7 nitrogen and oxygen atoms in total. The fourth-order valence-corrected chi connectivity index (χ4v) is 3.78. The van der Waals surface area contributed by atoms with E-state index in [1.165, 1.54) is 12.1 Å². The molecule has 0 aliphatic heterocycles. The summed E-state index contributed by atoms with van der Waals surface area (Å²) in [5.41, 5.74) is 1.53. The van der Waals surface area contributed by atoms with Gasteiger partial charge in [-0.3, -0.25) is 9.69 Å². The number of nitrogens with one attached hydrogen (secondary N) is 1. The van der Waals surface area contributed by atoms with Gasteiger partial charge < -0.3 is 14.8 Å². The summed E-state index contributed by atoms with van der Waals surface area (Å²) in [5.74, 6) is 1.35. The largest absolute Gasteiger partial charge is 0.497 e. The molecule has 3 rings (SSSR count). The number of sulfone groups is 1. The Morgan fingerprint density at radius 2 is 1.79 bits per heavy atom. The van der Waals surface area contributed by atoms with E-state index in [4.69, 9.17) is 9.47 Å². The Morgan fingerprint density at radius 3 is 2.34 bits per heavy atom. The Kier molecular flexibility index (Phi) is 6.44. The second-order valence-electron chi connectivity index (χ2n) is 7.16. The van der Waals surface area contributed by atoms with Crippen LogP contribution in [0, 0.1) is 0 Å². The number of nitrogens with zero attached hydrogens (tertiary/aromatic N) is 1. The number of carbonyl (C=O) groups excluding carboxylic acids is 1. The van der Waals surface area contributed by atoms with Gasteiger partial charge in [0.25, 0.3) is 0 Å². The fraction of sp³-hybridized carbons (Fsp3) is 0.381. The van der Waals surface area contributed by atoms with Crippen LogP contribution in [0.4, 0.5) is 5.69 Å². The van der Waals surface area contributed by atoms with Crippen molar-refractivity contribution in [1.29, 1.82) is 0 Å². The van der Waals surface area contributed by atoms with Crippen LogP contribution in [-0.4, -0.2) is 52.3 Å². The average Bonchev–Trinajstić information content (AvgIpc) is 3.52. The first kappa shape index (κ1) is 21.1. The van der Waals surface area contributed by atoms with Gasteiger partial charge in [0.15, 0.2) is 9.84 Å². The lowest BCUT2D eigenvalue weighted by molar-refractivity contribution is -0.117. The van der Waals surface area contributed by atoms with Crippen molar-refractivity contribution in [2.75, 3.05) is 32.3 Å². The zero-order chi connectivity index (χ0) is 21.0. The molecule has 0 heterocycles. The minimum atomic E-state index is -3.26. The lowest BCUT2D eigenvalue weighted by atomic mass is 10.1. The number of benzene rings is 2. The van der Waals surface area contributed by atoms with Crippen molar-refractivity contribution in [3.05, 3.63) is 48.0 Å². The Bertz CT molecular complexity index is 969. The smallest absolute Gasteiger partial charge is 0.238 e. The molecule has 1 aliphatic rings. The maximum absolute atomic E-state index is 12.6. The summed E-state index contributed by atoms with van der Waals surface area (Å²) in [5, 5.41) is 2.84. The van der Waals surface area contributed by atoms with E-state index in [1.807, 2.05) is 18.2 Å². The van der Waals surface area contributed by atoms with Crippen molar-refractivity contribution in [3.8, 4) is 11.5 Å². The van der Waals surface area contributed by atoms with E-state index < -0.39 is 9.84 Å². The molecule has 1 saturated carbocycles. The van der Waals surface area contributed by atoms with Gasteiger partial charge in [-0.1, -0.05) is 0 Å². The van der Waals surface area contributed by atoms with E-state index in [2.05, 4.69) is 10.2 Å². The predicted molar refractivity (Wildman–Crippen MR) is 111 cm³/mol. The van der Waals surface area contributed by atoms with Gasteiger partial charge in [0.1, 0.15) is 11.5 Å². The van der Waals surface area contributed by atoms with Crippen LogP contribution >= 0.6 is 0 Å². The normalized spacial score (nSPS) is 13.9. The SMILES string of the molecule is COc1ccc(OC)c(CN(CC(=O)Nc2ccc(S(C)(=O)=O)cc2)C2CC2)c1. The highest BCUT2D eigenvalue weighted by Crippen LogP contribution is 2.31. The van der Waals surface area contributed by atoms with Gasteiger partial charge in [0.2, 0.25) is 5.91 Å². The summed E-state index contributed by atoms with van der Waals surface area (Å²) in [6.45, 7) is 0.810. The Balaban J connectivity index is 1.67. The number of ether oxygens (including phenoxy) is 2. The highest BCUT2D eigenvalue weighted by atomic mass is 32.2. The van der Waals surface area contributed by atoms with Crippen molar-refractivity contribution in [2.24, 2.45) is 0 Å². The molecular formula is C21H26N2O5S. The first-order valence-corrected chi connectivity index (χ1v) is 11.2. The Morgan fingerprint density at radius 1 is 1.10 bits per heavy atom. The van der Waals surface area contributed by atoms with Gasteiger partial charge in [0, 0.05) is 30.1 Å². The highest BCUT2D eigenvalue weighted by molar-refractivity contribution is 7.90. The molecule has 2 aromatic carbocycles. The quantitative estimate of drug-likeness (QED) is 0.674. The van der Waals surface area contributed by atoms with Crippen LogP contribution in [0.25, 0.3) is 0 Å². The topological polar surface area (TPSA) is 84.9 Å². The monoisotopic (exact) mass is 418 g/mol. The van der Waals surface area contributed by atoms with E-state index in [-0.39, 0.29) is 17.3 Å². The summed E-state index contributed by atoms with van der Waals surface area (Å²) in [6.07, 6.45) is 3.27. The lowest BCUT2D eigenvalue weighted by Crippen LogP contribution is -2.34. The number of amides is 1. The summed E-state index contributed by atoms with van der Waals surface area (Å²) < 4.78 is 33.9. The molecule has 0 aromatic heterocycles. The van der Waals surface area contributed by atoms with Crippen molar-refractivity contribution in [3.63, 3.8) is 0 Å². The average molecular weight is 419 g/mol. The van der Waals surface area contributed by atoms with Gasteiger partial charge in [-0.05, 0) is 55.3 Å². The molecule has 1 fully saturated rings. The zero-order valence-corrected chi connectivity index (χ0v) is 17.7. The molecule has 29 heavy (non-hydrogen) atoms. The number of rotatable bonds is 9. The summed E-state index contributed by atoms with van der Waals surface area (Å²) in [6, 6.07) is 12.2. The van der Waals surface area contributed by atoms with Gasteiger partial charge in [-0.25, -0.2) is 8.42 Å². The molecular weight excluding hydrogens is 392 g/mol. The third-order valence-electron chi connectivity index (χ3n) is 4.84. The molecule has 1 aliphatic carbocycles. The van der Waals surface area contributed by atoms with E-state index in [9.17, 15) is 13.2 Å². The van der Waals surface area contributed by atoms with Crippen molar-refractivity contribution in [1.82, 2.24) is 4.90 Å². The van der Waals surface area contributed by atoms with E-state index in [1.54, 1.807) is 26.4 Å². The van der Waals surface area contributed by atoms with Gasteiger partial charge >= 0.3 is 0 Å². The second-order valence-corrected chi connectivity index (χ2v) is 9.17. The van der Waals surface area contributed by atoms with Crippen LogP contribution < -0.4 is 14.8 Å². The van der Waals surface area contributed by atoms with Gasteiger partial charge in [-0.15, -0.1) is 0 Å². The number of methoxy groups -OCH3 is 2. The molecule has 156 valence electrons. The maximum Gasteiger partial charge on any atom is 0.238 e. The summed E-state index contributed by atoms with van der Waals surface area (Å²) in [7, 11) is -0.0176. The molecule has 2 aromatic rings. The maximum atomic E-state index is 12.6. The third-order valence-corrected chi connectivity index (χ3v) is 5.97. The highest BCUT2D eigenvalue weighted by Gasteiger charge is 2.31. The molecule has 0 saturated heterocycles. The van der Waals surface area contributed by atoms with Crippen LogP contribution in [0.3, 0.4) is 0 Å². The fourth-order valence-electron chi connectivity index (χ4n) is 3.15. The minimum Gasteiger partial charge on any atom is -0.497 e. The number of hydrogen-bond acceptors (Lipinski definition) is 6. The molecule has 1 N–H and O–H groups in total. The minimum absolute atomic E-state index is 0.147. The molecule has 0 atom stereocenters. The second kappa shape index (κ2) is 8.84. The van der Waals surface area contributed by atoms with Crippen LogP contribution in [-0.2, 0) is 21.2 Å². The Hall–Kier alpha value is -2.58. The van der Waals surface area contributed by atoms with E-state index >= 15 is 0 Å². The third kappa shape index (κ3) is 5.71. The number of carbonyl (C=O) groups is 1. The van der Waals surface area contributed by atoms with Crippen LogP contribution in [0.5, 0.6) is 11.5 Å². The lowest BCUT2D eigenvalue weighted by Gasteiger charge is -2.23. The zero-order valence-electron chi connectivity index (χ0n) is 16.8. The molecule has 0 unspecified atom stereocenters. The van der Waals surface area contributed by atoms with Crippen molar-refractivity contribution in [2.45, 2.75) is 30.3 Å². The van der Waals surface area contributed by atoms with Gasteiger partial charge in [-0.2, -0.15) is 0 Å². The van der Waals surface area contributed by atoms with Crippen LogP contribution in [0.2, 0.25) is 0 Å².